The number of carbonyl (C=O) groups excluding carboxylic acids is 1. The van der Waals surface area contributed by atoms with Crippen LogP contribution < -0.4 is 0 Å². The van der Waals surface area contributed by atoms with Crippen molar-refractivity contribution in [3.63, 3.8) is 0 Å². The first-order valence-electron chi connectivity index (χ1n) is 8.53. The predicted molar refractivity (Wildman–Crippen MR) is 94.0 cm³/mol. The molecule has 1 N–H and O–H groups in total. The van der Waals surface area contributed by atoms with Crippen LogP contribution in [0.3, 0.4) is 0 Å². The number of aromatic nitrogens is 3. The van der Waals surface area contributed by atoms with Crippen LogP contribution in [0.15, 0.2) is 49.1 Å². The number of aromatic amines is 1. The highest BCUT2D eigenvalue weighted by molar-refractivity contribution is 6.05. The summed E-state index contributed by atoms with van der Waals surface area (Å²) in [5, 5.41) is 0.844. The molecule has 3 aromatic heterocycles. The highest BCUT2D eigenvalue weighted by atomic mass is 16.5. The van der Waals surface area contributed by atoms with Crippen molar-refractivity contribution in [2.75, 3.05) is 13.2 Å². The highest BCUT2D eigenvalue weighted by Crippen LogP contribution is 2.21. The summed E-state index contributed by atoms with van der Waals surface area (Å²) in [5.41, 5.74) is 2.38. The van der Waals surface area contributed by atoms with Gasteiger partial charge in [-0.25, -0.2) is 4.98 Å². The number of H-pyrrole nitrogens is 1. The molecule has 3 aromatic rings. The molecule has 0 unspecified atom stereocenters. The van der Waals surface area contributed by atoms with Gasteiger partial charge in [-0.1, -0.05) is 6.07 Å². The van der Waals surface area contributed by atoms with Crippen LogP contribution in [0.2, 0.25) is 0 Å². The van der Waals surface area contributed by atoms with Crippen molar-refractivity contribution in [1.29, 1.82) is 0 Å². The van der Waals surface area contributed by atoms with Crippen LogP contribution in [0.1, 0.15) is 28.8 Å². The minimum atomic E-state index is -0.0152. The zero-order valence-electron chi connectivity index (χ0n) is 13.9. The lowest BCUT2D eigenvalue weighted by Gasteiger charge is -2.25. The number of fused-ring (bicyclic) bond motifs is 1. The molecule has 4 heterocycles. The minimum absolute atomic E-state index is 0.0152. The van der Waals surface area contributed by atoms with Crippen molar-refractivity contribution in [2.24, 2.45) is 0 Å². The van der Waals surface area contributed by atoms with E-state index >= 15 is 0 Å². The number of pyridine rings is 2. The predicted octanol–water partition coefficient (Wildman–Crippen LogP) is 2.78. The first kappa shape index (κ1) is 15.8. The molecule has 1 amide bonds. The van der Waals surface area contributed by atoms with Crippen molar-refractivity contribution in [3.05, 3.63) is 60.2 Å². The van der Waals surface area contributed by atoms with Crippen molar-refractivity contribution < 1.29 is 9.53 Å². The number of hydrogen-bond donors (Lipinski definition) is 1. The summed E-state index contributed by atoms with van der Waals surface area (Å²) in [7, 11) is 0. The van der Waals surface area contributed by atoms with Crippen molar-refractivity contribution in [2.45, 2.75) is 25.5 Å². The molecular formula is C19H20N4O2. The molecule has 1 aliphatic heterocycles. The van der Waals surface area contributed by atoms with E-state index in [1.54, 1.807) is 24.8 Å². The molecule has 0 radical (unpaired) electrons. The number of hydrogen-bond acceptors (Lipinski definition) is 4. The number of carbonyl (C=O) groups is 1. The van der Waals surface area contributed by atoms with Gasteiger partial charge in [-0.15, -0.1) is 0 Å². The standard InChI is InChI=1S/C19H20N4O2/c24-19(17-11-22-18-16(17)6-2-8-21-18)23(13-15-5-3-9-25-15)12-14-4-1-7-20-10-14/h1-2,4,6-8,10-11,15H,3,5,9,12-13H2,(H,21,22)/t15-/m0/s1. The smallest absolute Gasteiger partial charge is 0.256 e. The summed E-state index contributed by atoms with van der Waals surface area (Å²) in [6.45, 7) is 1.87. The maximum atomic E-state index is 13.2. The molecule has 0 aromatic carbocycles. The van der Waals surface area contributed by atoms with E-state index in [0.29, 0.717) is 18.7 Å². The van der Waals surface area contributed by atoms with Gasteiger partial charge >= 0.3 is 0 Å². The van der Waals surface area contributed by atoms with Gasteiger partial charge in [0.05, 0.1) is 11.7 Å². The largest absolute Gasteiger partial charge is 0.376 e. The fourth-order valence-electron chi connectivity index (χ4n) is 3.27. The average molecular weight is 336 g/mol. The van der Waals surface area contributed by atoms with E-state index in [0.717, 1.165) is 36.0 Å². The molecule has 1 saturated heterocycles. The monoisotopic (exact) mass is 336 g/mol. The minimum Gasteiger partial charge on any atom is -0.376 e. The van der Waals surface area contributed by atoms with E-state index in [9.17, 15) is 4.79 Å². The second kappa shape index (κ2) is 7.03. The molecule has 0 aliphatic carbocycles. The Balaban J connectivity index is 1.62. The van der Waals surface area contributed by atoms with Gasteiger partial charge in [0.2, 0.25) is 0 Å². The summed E-state index contributed by atoms with van der Waals surface area (Å²) in [4.78, 5) is 26.6. The van der Waals surface area contributed by atoms with Gasteiger partial charge < -0.3 is 14.6 Å². The maximum absolute atomic E-state index is 13.2. The molecule has 0 saturated carbocycles. The second-order valence-corrected chi connectivity index (χ2v) is 6.28. The molecule has 1 aliphatic rings. The van der Waals surface area contributed by atoms with Crippen molar-refractivity contribution in [1.82, 2.24) is 19.9 Å². The van der Waals surface area contributed by atoms with Gasteiger partial charge in [-0.3, -0.25) is 9.78 Å². The van der Waals surface area contributed by atoms with Gasteiger partial charge in [0.25, 0.3) is 5.91 Å². The van der Waals surface area contributed by atoms with Crippen LogP contribution in [0.5, 0.6) is 0 Å². The second-order valence-electron chi connectivity index (χ2n) is 6.28. The van der Waals surface area contributed by atoms with Crippen molar-refractivity contribution >= 4 is 16.9 Å². The summed E-state index contributed by atoms with van der Waals surface area (Å²) >= 11 is 0. The Morgan fingerprint density at radius 2 is 2.24 bits per heavy atom. The molecule has 6 heteroatoms. The van der Waals surface area contributed by atoms with E-state index in [1.165, 1.54) is 0 Å². The molecule has 0 spiro atoms. The normalized spacial score (nSPS) is 17.0. The Labute approximate surface area is 145 Å². The molecule has 128 valence electrons. The zero-order valence-corrected chi connectivity index (χ0v) is 13.9. The quantitative estimate of drug-likeness (QED) is 0.778. The molecular weight excluding hydrogens is 316 g/mol. The van der Waals surface area contributed by atoms with E-state index in [1.807, 2.05) is 29.2 Å². The van der Waals surface area contributed by atoms with Crippen LogP contribution in [-0.4, -0.2) is 45.0 Å². The topological polar surface area (TPSA) is 71.1 Å². The van der Waals surface area contributed by atoms with Crippen LogP contribution in [-0.2, 0) is 11.3 Å². The maximum Gasteiger partial charge on any atom is 0.256 e. The molecule has 1 fully saturated rings. The lowest BCUT2D eigenvalue weighted by Crippen LogP contribution is -2.36. The third kappa shape index (κ3) is 3.39. The molecule has 4 rings (SSSR count). The average Bonchev–Trinajstić information content (AvgIpc) is 3.31. The van der Waals surface area contributed by atoms with Crippen LogP contribution in [0.25, 0.3) is 11.0 Å². The van der Waals surface area contributed by atoms with Gasteiger partial charge in [0, 0.05) is 49.9 Å². The Hall–Kier alpha value is -2.73. The fraction of sp³-hybridized carbons (Fsp3) is 0.316. The summed E-state index contributed by atoms with van der Waals surface area (Å²) in [6, 6.07) is 7.64. The first-order chi connectivity index (χ1) is 12.3. The van der Waals surface area contributed by atoms with Crippen LogP contribution in [0, 0.1) is 0 Å². The summed E-state index contributed by atoms with van der Waals surface area (Å²) in [6.07, 6.45) is 9.14. The molecule has 1 atom stereocenters. The number of amides is 1. The lowest BCUT2D eigenvalue weighted by molar-refractivity contribution is 0.0508. The van der Waals surface area contributed by atoms with Crippen molar-refractivity contribution in [3.8, 4) is 0 Å². The zero-order chi connectivity index (χ0) is 17.1. The molecule has 25 heavy (non-hydrogen) atoms. The van der Waals surface area contributed by atoms with Gasteiger partial charge in [0.15, 0.2) is 0 Å². The van der Waals surface area contributed by atoms with E-state index in [-0.39, 0.29) is 12.0 Å². The Kier molecular flexibility index (Phi) is 4.43. The fourth-order valence-corrected chi connectivity index (χ4v) is 3.27. The molecule has 6 nitrogen and oxygen atoms in total. The van der Waals surface area contributed by atoms with E-state index in [4.69, 9.17) is 4.74 Å². The SMILES string of the molecule is O=C(c1c[nH]c2ncccc12)N(Cc1cccnc1)C[C@@H]1CCCO1. The van der Waals surface area contributed by atoms with Gasteiger partial charge in [-0.05, 0) is 36.6 Å². The Bertz CT molecular complexity index is 856. The number of nitrogens with zero attached hydrogens (tertiary/aromatic N) is 3. The van der Waals surface area contributed by atoms with E-state index in [2.05, 4.69) is 15.0 Å². The third-order valence-electron chi connectivity index (χ3n) is 4.51. The first-order valence-corrected chi connectivity index (χ1v) is 8.53. The number of ether oxygens (including phenoxy) is 1. The van der Waals surface area contributed by atoms with Crippen LogP contribution in [0.4, 0.5) is 0 Å². The Morgan fingerprint density at radius 3 is 3.04 bits per heavy atom. The Morgan fingerprint density at radius 1 is 1.32 bits per heavy atom. The number of nitrogens with one attached hydrogen (secondary N) is 1. The summed E-state index contributed by atoms with van der Waals surface area (Å²) in [5.74, 6) is -0.0152. The van der Waals surface area contributed by atoms with E-state index < -0.39 is 0 Å². The molecule has 0 bridgehead atoms. The summed E-state index contributed by atoms with van der Waals surface area (Å²) < 4.78 is 5.75. The van der Waals surface area contributed by atoms with Crippen LogP contribution >= 0.6 is 0 Å². The lowest BCUT2D eigenvalue weighted by atomic mass is 10.1. The van der Waals surface area contributed by atoms with Gasteiger partial charge in [0.1, 0.15) is 5.65 Å². The van der Waals surface area contributed by atoms with Gasteiger partial charge in [-0.2, -0.15) is 0 Å². The third-order valence-corrected chi connectivity index (χ3v) is 4.51. The number of rotatable bonds is 5. The highest BCUT2D eigenvalue weighted by Gasteiger charge is 2.25.